The number of hydrogen-bond donors (Lipinski definition) is 1. The molecule has 1 N–H and O–H groups in total. The van der Waals surface area contributed by atoms with Crippen molar-refractivity contribution in [1.29, 1.82) is 0 Å². The van der Waals surface area contributed by atoms with Gasteiger partial charge in [0.1, 0.15) is 17.1 Å². The van der Waals surface area contributed by atoms with Gasteiger partial charge in [-0.2, -0.15) is 0 Å². The maximum Gasteiger partial charge on any atom is 0.573 e. The fraction of sp³-hybridized carbons (Fsp3) is 0.455. The first-order valence-corrected chi connectivity index (χ1v) is 9.70. The average Bonchev–Trinajstić information content (AvgIpc) is 2.63. The van der Waals surface area contributed by atoms with Crippen LogP contribution in [0.3, 0.4) is 0 Å². The molecule has 0 aliphatic carbocycles. The number of ether oxygens (including phenoxy) is 2. The molecule has 0 aromatic heterocycles. The van der Waals surface area contributed by atoms with E-state index in [1.807, 2.05) is 45.0 Å². The second kappa shape index (κ2) is 11.3. The molecule has 1 atom stereocenters. The van der Waals surface area contributed by atoms with Gasteiger partial charge in [-0.05, 0) is 56.2 Å². The van der Waals surface area contributed by atoms with Crippen molar-refractivity contribution in [1.82, 2.24) is 10.2 Å². The molecular weight excluding hydrogens is 452 g/mol. The van der Waals surface area contributed by atoms with Crippen molar-refractivity contribution in [2.45, 2.75) is 38.8 Å². The Kier molecular flexibility index (Phi) is 9.95. The first kappa shape index (κ1) is 27.4. The van der Waals surface area contributed by atoms with Crippen LogP contribution in [0.2, 0.25) is 0 Å². The fourth-order valence-corrected chi connectivity index (χ4v) is 3.48. The van der Waals surface area contributed by atoms with Crippen LogP contribution < -0.4 is 14.8 Å². The van der Waals surface area contributed by atoms with Gasteiger partial charge in [-0.3, -0.25) is 4.90 Å². The maximum atomic E-state index is 12.5. The second-order valence-corrected chi connectivity index (χ2v) is 8.09. The highest BCUT2D eigenvalue weighted by atomic mass is 35.5. The highest BCUT2D eigenvalue weighted by Crippen LogP contribution is 2.32. The van der Waals surface area contributed by atoms with E-state index in [-0.39, 0.29) is 42.2 Å². The lowest BCUT2D eigenvalue weighted by Crippen LogP contribution is -2.45. The first-order valence-electron chi connectivity index (χ1n) is 9.70. The standard InChI is InChI=1S/C22H27F3N2O2.2ClH/c1-21(2,3)28-18-8-4-16(5-9-18)20(27-14-12-26-13-15-27)17-6-10-19(11-7-17)29-22(23,24)25;;/h4-11,20,26H,12-15H2,1-3H3;2*1H/t20-;;/m1../s1. The number of alkyl halides is 3. The zero-order valence-electron chi connectivity index (χ0n) is 17.7. The zero-order chi connectivity index (χ0) is 21.1. The summed E-state index contributed by atoms with van der Waals surface area (Å²) in [4.78, 5) is 2.33. The summed E-state index contributed by atoms with van der Waals surface area (Å²) in [5.74, 6) is 0.573. The van der Waals surface area contributed by atoms with E-state index in [2.05, 4.69) is 15.0 Å². The van der Waals surface area contributed by atoms with Crippen LogP contribution in [0.25, 0.3) is 0 Å². The van der Waals surface area contributed by atoms with E-state index in [1.165, 1.54) is 12.1 Å². The second-order valence-electron chi connectivity index (χ2n) is 8.09. The van der Waals surface area contributed by atoms with E-state index in [1.54, 1.807) is 12.1 Å². The van der Waals surface area contributed by atoms with Crippen LogP contribution in [0.15, 0.2) is 48.5 Å². The van der Waals surface area contributed by atoms with Crippen LogP contribution in [0, 0.1) is 0 Å². The third-order valence-corrected chi connectivity index (χ3v) is 4.57. The van der Waals surface area contributed by atoms with Crippen LogP contribution in [0.1, 0.15) is 37.9 Å². The molecule has 0 radical (unpaired) electrons. The minimum absolute atomic E-state index is 0. The summed E-state index contributed by atoms with van der Waals surface area (Å²) in [7, 11) is 0. The van der Waals surface area contributed by atoms with Crippen LogP contribution in [0.5, 0.6) is 11.5 Å². The summed E-state index contributed by atoms with van der Waals surface area (Å²) >= 11 is 0. The van der Waals surface area contributed by atoms with Crippen molar-refractivity contribution < 1.29 is 22.6 Å². The Morgan fingerprint density at radius 1 is 0.774 bits per heavy atom. The summed E-state index contributed by atoms with van der Waals surface area (Å²) in [5.41, 5.74) is 1.71. The normalized spacial score (nSPS) is 15.9. The molecule has 9 heteroatoms. The number of halogens is 5. The zero-order valence-corrected chi connectivity index (χ0v) is 19.4. The molecule has 1 fully saturated rings. The molecule has 31 heavy (non-hydrogen) atoms. The maximum absolute atomic E-state index is 12.5. The van der Waals surface area contributed by atoms with Gasteiger partial charge in [0.25, 0.3) is 0 Å². The molecule has 4 nitrogen and oxygen atoms in total. The molecule has 0 spiro atoms. The van der Waals surface area contributed by atoms with Gasteiger partial charge in [-0.15, -0.1) is 38.0 Å². The van der Waals surface area contributed by atoms with E-state index in [9.17, 15) is 13.2 Å². The molecule has 1 heterocycles. The van der Waals surface area contributed by atoms with Crippen LogP contribution >= 0.6 is 24.8 Å². The predicted molar refractivity (Wildman–Crippen MR) is 121 cm³/mol. The molecule has 3 rings (SSSR count). The van der Waals surface area contributed by atoms with Gasteiger partial charge in [0.15, 0.2) is 0 Å². The van der Waals surface area contributed by atoms with Crippen molar-refractivity contribution in [2.24, 2.45) is 0 Å². The van der Waals surface area contributed by atoms with Gasteiger partial charge in [0.2, 0.25) is 0 Å². The third kappa shape index (κ3) is 8.41. The Hall–Kier alpha value is -1.67. The third-order valence-electron chi connectivity index (χ3n) is 4.57. The first-order chi connectivity index (χ1) is 13.6. The van der Waals surface area contributed by atoms with Crippen molar-refractivity contribution in [3.63, 3.8) is 0 Å². The predicted octanol–water partition coefficient (Wildman–Crippen LogP) is 5.60. The largest absolute Gasteiger partial charge is 0.573 e. The molecule has 2 aromatic rings. The van der Waals surface area contributed by atoms with Crippen molar-refractivity contribution in [3.8, 4) is 11.5 Å². The van der Waals surface area contributed by atoms with E-state index in [0.29, 0.717) is 0 Å². The van der Waals surface area contributed by atoms with Crippen molar-refractivity contribution >= 4 is 24.8 Å². The van der Waals surface area contributed by atoms with Gasteiger partial charge in [-0.1, -0.05) is 24.3 Å². The van der Waals surface area contributed by atoms with Gasteiger partial charge in [-0.25, -0.2) is 0 Å². The fourth-order valence-electron chi connectivity index (χ4n) is 3.48. The number of piperazine rings is 1. The van der Waals surface area contributed by atoms with Gasteiger partial charge < -0.3 is 14.8 Å². The molecule has 1 aliphatic rings. The number of benzene rings is 2. The SMILES string of the molecule is CC(C)(C)Oc1ccc([C@H](c2ccc(OC(F)(F)F)cc2)N2CCNCC2)cc1.Cl.Cl. The lowest BCUT2D eigenvalue weighted by Gasteiger charge is -2.35. The quantitative estimate of drug-likeness (QED) is 0.603. The van der Waals surface area contributed by atoms with Crippen LogP contribution in [0.4, 0.5) is 13.2 Å². The number of rotatable bonds is 5. The Morgan fingerprint density at radius 3 is 1.58 bits per heavy atom. The molecule has 174 valence electrons. The molecule has 0 unspecified atom stereocenters. The molecule has 0 bridgehead atoms. The summed E-state index contributed by atoms with van der Waals surface area (Å²) < 4.78 is 47.3. The summed E-state index contributed by atoms with van der Waals surface area (Å²) in [5, 5.41) is 3.34. The minimum Gasteiger partial charge on any atom is -0.488 e. The molecule has 0 saturated carbocycles. The van der Waals surface area contributed by atoms with E-state index < -0.39 is 6.36 Å². The smallest absolute Gasteiger partial charge is 0.488 e. The number of hydrogen-bond acceptors (Lipinski definition) is 4. The monoisotopic (exact) mass is 480 g/mol. The Bertz CT molecular complexity index is 729. The van der Waals surface area contributed by atoms with E-state index in [0.717, 1.165) is 43.1 Å². The van der Waals surface area contributed by atoms with Crippen molar-refractivity contribution in [3.05, 3.63) is 59.7 Å². The van der Waals surface area contributed by atoms with Gasteiger partial charge in [0, 0.05) is 26.2 Å². The van der Waals surface area contributed by atoms with Crippen LogP contribution in [-0.2, 0) is 0 Å². The average molecular weight is 481 g/mol. The number of nitrogens with one attached hydrogen (secondary N) is 1. The lowest BCUT2D eigenvalue weighted by atomic mass is 9.96. The topological polar surface area (TPSA) is 33.7 Å². The molecule has 1 aliphatic heterocycles. The molecule has 1 saturated heterocycles. The highest BCUT2D eigenvalue weighted by Gasteiger charge is 2.31. The molecule has 0 amide bonds. The van der Waals surface area contributed by atoms with Crippen LogP contribution in [-0.4, -0.2) is 43.0 Å². The van der Waals surface area contributed by atoms with Crippen molar-refractivity contribution in [2.75, 3.05) is 26.2 Å². The Balaban J connectivity index is 0.00000240. The van der Waals surface area contributed by atoms with E-state index >= 15 is 0 Å². The summed E-state index contributed by atoms with van der Waals surface area (Å²) in [6.45, 7) is 9.43. The minimum atomic E-state index is -4.69. The highest BCUT2D eigenvalue weighted by molar-refractivity contribution is 5.85. The Labute approximate surface area is 193 Å². The van der Waals surface area contributed by atoms with Gasteiger partial charge >= 0.3 is 6.36 Å². The lowest BCUT2D eigenvalue weighted by molar-refractivity contribution is -0.274. The summed E-state index contributed by atoms with van der Waals surface area (Å²) in [6, 6.07) is 14.0. The summed E-state index contributed by atoms with van der Waals surface area (Å²) in [6.07, 6.45) is -4.69. The Morgan fingerprint density at radius 2 is 1.19 bits per heavy atom. The van der Waals surface area contributed by atoms with Gasteiger partial charge in [0.05, 0.1) is 6.04 Å². The number of nitrogens with zero attached hydrogens (tertiary/aromatic N) is 1. The van der Waals surface area contributed by atoms with E-state index in [4.69, 9.17) is 4.74 Å². The molecular formula is C22H29Cl2F3N2O2. The molecule has 2 aromatic carbocycles.